The Bertz CT molecular complexity index is 847. The van der Waals surface area contributed by atoms with Crippen LogP contribution in [0.25, 0.3) is 0 Å². The van der Waals surface area contributed by atoms with Crippen molar-refractivity contribution in [3.8, 4) is 0 Å². The minimum absolute atomic E-state index is 0.0629. The maximum Gasteiger partial charge on any atom is 0.242 e. The summed E-state index contributed by atoms with van der Waals surface area (Å²) in [7, 11) is 0. The van der Waals surface area contributed by atoms with E-state index in [0.717, 1.165) is 14.9 Å². The number of amides is 2. The van der Waals surface area contributed by atoms with Crippen LogP contribution in [0.4, 0.5) is 0 Å². The molecule has 6 heteroatoms. The molecule has 0 saturated carbocycles. The van der Waals surface area contributed by atoms with Gasteiger partial charge in [-0.25, -0.2) is 0 Å². The predicted octanol–water partition coefficient (Wildman–Crippen LogP) is 5.18. The number of rotatable bonds is 7. The Balaban J connectivity index is 2.16. The topological polar surface area (TPSA) is 49.4 Å². The lowest BCUT2D eigenvalue weighted by molar-refractivity contribution is -0.139. The molecule has 2 aromatic carbocycles. The van der Waals surface area contributed by atoms with Gasteiger partial charge in [0.15, 0.2) is 0 Å². The molecule has 0 aliphatic heterocycles. The molecule has 0 spiro atoms. The number of nitrogens with one attached hydrogen (secondary N) is 1. The SMILES string of the molecule is Cc1ccc(SCC(=O)N(Cc2cccc(Br)c2)C(C)C(=O)NC(C)(C)C)cc1. The molecule has 0 fully saturated rings. The second-order valence-electron chi connectivity index (χ2n) is 8.17. The molecular weight excluding hydrogens is 448 g/mol. The van der Waals surface area contributed by atoms with Crippen molar-refractivity contribution in [1.29, 1.82) is 0 Å². The minimum Gasteiger partial charge on any atom is -0.350 e. The maximum absolute atomic E-state index is 13.1. The molecule has 2 aromatic rings. The van der Waals surface area contributed by atoms with Gasteiger partial charge in [-0.15, -0.1) is 11.8 Å². The number of hydrogen-bond acceptors (Lipinski definition) is 3. The highest BCUT2D eigenvalue weighted by Crippen LogP contribution is 2.21. The first kappa shape index (κ1) is 23.5. The predicted molar refractivity (Wildman–Crippen MR) is 124 cm³/mol. The molecular formula is C23H29BrN2O2S. The number of carbonyl (C=O) groups excluding carboxylic acids is 2. The summed E-state index contributed by atoms with van der Waals surface area (Å²) in [6, 6.07) is 15.3. The van der Waals surface area contributed by atoms with E-state index in [-0.39, 0.29) is 23.1 Å². The van der Waals surface area contributed by atoms with Gasteiger partial charge in [-0.2, -0.15) is 0 Å². The summed E-state index contributed by atoms with van der Waals surface area (Å²) in [6.07, 6.45) is 0. The van der Waals surface area contributed by atoms with Crippen LogP contribution >= 0.6 is 27.7 Å². The van der Waals surface area contributed by atoms with Crippen LogP contribution < -0.4 is 5.32 Å². The second-order valence-corrected chi connectivity index (χ2v) is 10.1. The molecule has 156 valence electrons. The summed E-state index contributed by atoms with van der Waals surface area (Å²) in [5, 5.41) is 2.98. The van der Waals surface area contributed by atoms with Crippen LogP contribution in [0.3, 0.4) is 0 Å². The van der Waals surface area contributed by atoms with Crippen molar-refractivity contribution in [3.05, 3.63) is 64.1 Å². The number of thioether (sulfide) groups is 1. The lowest BCUT2D eigenvalue weighted by Crippen LogP contribution is -2.52. The molecule has 29 heavy (non-hydrogen) atoms. The van der Waals surface area contributed by atoms with Gasteiger partial charge in [0.25, 0.3) is 0 Å². The fourth-order valence-electron chi connectivity index (χ4n) is 2.75. The van der Waals surface area contributed by atoms with Crippen LogP contribution in [0.2, 0.25) is 0 Å². The lowest BCUT2D eigenvalue weighted by Gasteiger charge is -2.31. The number of hydrogen-bond donors (Lipinski definition) is 1. The van der Waals surface area contributed by atoms with Gasteiger partial charge in [-0.05, 0) is 64.4 Å². The summed E-state index contributed by atoms with van der Waals surface area (Å²) in [6.45, 7) is 10.0. The van der Waals surface area contributed by atoms with E-state index in [9.17, 15) is 9.59 Å². The quantitative estimate of drug-likeness (QED) is 0.559. The maximum atomic E-state index is 13.1. The van der Waals surface area contributed by atoms with Crippen LogP contribution in [-0.4, -0.2) is 34.0 Å². The summed E-state index contributed by atoms with van der Waals surface area (Å²) < 4.78 is 0.947. The van der Waals surface area contributed by atoms with E-state index in [1.165, 1.54) is 17.3 Å². The summed E-state index contributed by atoms with van der Waals surface area (Å²) >= 11 is 4.96. The standard InChI is InChI=1S/C23H29BrN2O2S/c1-16-9-11-20(12-10-16)29-15-21(27)26(14-18-7-6-8-19(24)13-18)17(2)22(28)25-23(3,4)5/h6-13,17H,14-15H2,1-5H3,(H,25,28). The fraction of sp³-hybridized carbons (Fsp3) is 0.391. The van der Waals surface area contributed by atoms with Crippen molar-refractivity contribution >= 4 is 39.5 Å². The first-order valence-corrected chi connectivity index (χ1v) is 11.4. The average Bonchev–Trinajstić information content (AvgIpc) is 2.63. The van der Waals surface area contributed by atoms with Crippen molar-refractivity contribution in [1.82, 2.24) is 10.2 Å². The molecule has 0 aromatic heterocycles. The van der Waals surface area contributed by atoms with E-state index in [2.05, 4.69) is 21.2 Å². The van der Waals surface area contributed by atoms with Crippen LogP contribution in [0, 0.1) is 6.92 Å². The van der Waals surface area contributed by atoms with Gasteiger partial charge in [0, 0.05) is 21.5 Å². The molecule has 0 aliphatic rings. The Hall–Kier alpha value is -1.79. The van der Waals surface area contributed by atoms with Crippen LogP contribution in [0.1, 0.15) is 38.8 Å². The third-order valence-corrected chi connectivity index (χ3v) is 5.78. The molecule has 1 unspecified atom stereocenters. The molecule has 0 radical (unpaired) electrons. The van der Waals surface area contributed by atoms with E-state index in [1.807, 2.05) is 76.2 Å². The average molecular weight is 477 g/mol. The zero-order valence-corrected chi connectivity index (χ0v) is 20.1. The first-order chi connectivity index (χ1) is 13.5. The number of carbonyl (C=O) groups is 2. The van der Waals surface area contributed by atoms with Crippen molar-refractivity contribution in [3.63, 3.8) is 0 Å². The highest BCUT2D eigenvalue weighted by molar-refractivity contribution is 9.10. The van der Waals surface area contributed by atoms with Crippen molar-refractivity contribution in [2.75, 3.05) is 5.75 Å². The van der Waals surface area contributed by atoms with Crippen molar-refractivity contribution in [2.24, 2.45) is 0 Å². The molecule has 1 atom stereocenters. The van der Waals surface area contributed by atoms with Crippen LogP contribution in [-0.2, 0) is 16.1 Å². The van der Waals surface area contributed by atoms with Gasteiger partial charge in [-0.3, -0.25) is 9.59 Å². The first-order valence-electron chi connectivity index (χ1n) is 9.60. The third kappa shape index (κ3) is 7.86. The summed E-state index contributed by atoms with van der Waals surface area (Å²) in [4.78, 5) is 28.5. The van der Waals surface area contributed by atoms with Gasteiger partial charge in [0.1, 0.15) is 6.04 Å². The van der Waals surface area contributed by atoms with Crippen molar-refractivity contribution < 1.29 is 9.59 Å². The van der Waals surface area contributed by atoms with E-state index in [1.54, 1.807) is 11.8 Å². The fourth-order valence-corrected chi connectivity index (χ4v) is 3.98. The largest absolute Gasteiger partial charge is 0.350 e. The molecule has 4 nitrogen and oxygen atoms in total. The highest BCUT2D eigenvalue weighted by Gasteiger charge is 2.28. The Morgan fingerprint density at radius 2 is 1.79 bits per heavy atom. The molecule has 0 aliphatic carbocycles. The van der Waals surface area contributed by atoms with E-state index >= 15 is 0 Å². The third-order valence-electron chi connectivity index (χ3n) is 4.29. The number of benzene rings is 2. The highest BCUT2D eigenvalue weighted by atomic mass is 79.9. The Kier molecular flexibility index (Phi) is 8.34. The number of aryl methyl sites for hydroxylation is 1. The van der Waals surface area contributed by atoms with Gasteiger partial charge in [0.2, 0.25) is 11.8 Å². The molecule has 2 rings (SSSR count). The summed E-state index contributed by atoms with van der Waals surface area (Å²) in [5.41, 5.74) is 1.81. The number of nitrogens with zero attached hydrogens (tertiary/aromatic N) is 1. The van der Waals surface area contributed by atoms with Crippen LogP contribution in [0.5, 0.6) is 0 Å². The normalized spacial score (nSPS) is 12.3. The Morgan fingerprint density at radius 3 is 2.38 bits per heavy atom. The van der Waals surface area contributed by atoms with E-state index in [0.29, 0.717) is 6.54 Å². The molecule has 0 heterocycles. The molecule has 1 N–H and O–H groups in total. The Morgan fingerprint density at radius 1 is 1.14 bits per heavy atom. The van der Waals surface area contributed by atoms with Gasteiger partial charge in [-0.1, -0.05) is 45.8 Å². The van der Waals surface area contributed by atoms with Gasteiger partial charge < -0.3 is 10.2 Å². The van der Waals surface area contributed by atoms with E-state index < -0.39 is 6.04 Å². The summed E-state index contributed by atoms with van der Waals surface area (Å²) in [5.74, 6) is 0.0674. The van der Waals surface area contributed by atoms with Crippen LogP contribution in [0.15, 0.2) is 57.9 Å². The van der Waals surface area contributed by atoms with E-state index in [4.69, 9.17) is 0 Å². The van der Waals surface area contributed by atoms with Gasteiger partial charge in [0.05, 0.1) is 5.75 Å². The molecule has 0 saturated heterocycles. The monoisotopic (exact) mass is 476 g/mol. The lowest BCUT2D eigenvalue weighted by atomic mass is 10.1. The zero-order chi connectivity index (χ0) is 21.6. The molecule has 2 amide bonds. The smallest absolute Gasteiger partial charge is 0.242 e. The zero-order valence-electron chi connectivity index (χ0n) is 17.7. The van der Waals surface area contributed by atoms with Crippen molar-refractivity contribution in [2.45, 2.75) is 57.6 Å². The number of halogens is 1. The Labute approximate surface area is 186 Å². The molecule has 0 bridgehead atoms. The minimum atomic E-state index is -0.570. The van der Waals surface area contributed by atoms with Gasteiger partial charge >= 0.3 is 0 Å². The second kappa shape index (κ2) is 10.3.